The largest absolute Gasteiger partial charge is 0.327 e. The monoisotopic (exact) mass is 696 g/mol. The third-order valence-corrected chi connectivity index (χ3v) is 11.2. The summed E-state index contributed by atoms with van der Waals surface area (Å²) in [6, 6.07) is 62.0. The summed E-state index contributed by atoms with van der Waals surface area (Å²) in [5, 5.41) is 2.62. The van der Waals surface area contributed by atoms with Crippen molar-refractivity contribution in [2.24, 2.45) is 7.05 Å². The highest BCUT2D eigenvalue weighted by atomic mass is 32.1. The normalized spacial score (nSPS) is 11.5. The van der Waals surface area contributed by atoms with E-state index in [1.807, 2.05) is 35.6 Å². The lowest BCUT2D eigenvalue weighted by atomic mass is 10.00. The highest BCUT2D eigenvalue weighted by Gasteiger charge is 2.14. The summed E-state index contributed by atoms with van der Waals surface area (Å²) in [7, 11) is 2.08. The summed E-state index contributed by atoms with van der Waals surface area (Å²) >= 11 is 1.85. The van der Waals surface area contributed by atoms with Crippen molar-refractivity contribution in [2.75, 3.05) is 0 Å². The van der Waals surface area contributed by atoms with Crippen LogP contribution in [-0.2, 0) is 7.05 Å². The molecular weight excluding hydrogens is 665 g/mol. The fraction of sp³-hybridized carbons (Fsp3) is 0.0208. The maximum absolute atomic E-state index is 5.14. The van der Waals surface area contributed by atoms with Crippen molar-refractivity contribution in [3.63, 3.8) is 0 Å². The van der Waals surface area contributed by atoms with Gasteiger partial charge in [0.1, 0.15) is 5.82 Å². The van der Waals surface area contributed by atoms with Gasteiger partial charge in [-0.15, -0.1) is 11.3 Å². The summed E-state index contributed by atoms with van der Waals surface area (Å²) in [4.78, 5) is 15.1. The molecule has 0 bridgehead atoms. The summed E-state index contributed by atoms with van der Waals surface area (Å²) < 4.78 is 4.81. The van der Waals surface area contributed by atoms with Crippen molar-refractivity contribution in [1.29, 1.82) is 0 Å². The number of hydrogen-bond donors (Lipinski definition) is 0. The van der Waals surface area contributed by atoms with Crippen LogP contribution in [-0.4, -0.2) is 19.5 Å². The molecule has 0 atom stereocenters. The summed E-state index contributed by atoms with van der Waals surface area (Å²) in [6.07, 6.45) is 0. The zero-order valence-corrected chi connectivity index (χ0v) is 29.8. The predicted molar refractivity (Wildman–Crippen MR) is 222 cm³/mol. The number of imidazole rings is 1. The Labute approximate surface area is 311 Å². The fourth-order valence-electron chi connectivity index (χ4n) is 7.25. The van der Waals surface area contributed by atoms with E-state index in [1.54, 1.807) is 0 Å². The molecule has 0 aliphatic heterocycles. The molecule has 4 nitrogen and oxygen atoms in total. The van der Waals surface area contributed by atoms with E-state index in [4.69, 9.17) is 15.0 Å². The van der Waals surface area contributed by atoms with Crippen LogP contribution in [0.25, 0.3) is 98.7 Å². The van der Waals surface area contributed by atoms with Crippen LogP contribution in [0.4, 0.5) is 0 Å². The molecule has 0 spiro atoms. The van der Waals surface area contributed by atoms with Gasteiger partial charge < -0.3 is 4.57 Å². The number of aromatic nitrogens is 4. The van der Waals surface area contributed by atoms with Crippen molar-refractivity contribution in [3.05, 3.63) is 176 Å². The number of aryl methyl sites for hydroxylation is 1. The predicted octanol–water partition coefficient (Wildman–Crippen LogP) is 12.7. The molecule has 0 fully saturated rings. The van der Waals surface area contributed by atoms with E-state index in [-0.39, 0.29) is 0 Å². The molecule has 10 aromatic rings. The lowest BCUT2D eigenvalue weighted by Crippen LogP contribution is -1.96. The molecule has 3 aromatic heterocycles. The molecule has 7 aromatic carbocycles. The lowest BCUT2D eigenvalue weighted by molar-refractivity contribution is 0.959. The number of fused-ring (bicyclic) bond motifs is 4. The molecule has 53 heavy (non-hydrogen) atoms. The molecule has 0 aliphatic carbocycles. The first kappa shape index (κ1) is 31.1. The Morgan fingerprint density at radius 2 is 0.925 bits per heavy atom. The van der Waals surface area contributed by atoms with Gasteiger partial charge in [-0.05, 0) is 58.7 Å². The number of hydrogen-bond acceptors (Lipinski definition) is 4. The molecule has 0 amide bonds. The van der Waals surface area contributed by atoms with Gasteiger partial charge in [-0.2, -0.15) is 0 Å². The van der Waals surface area contributed by atoms with Gasteiger partial charge in [-0.25, -0.2) is 15.0 Å². The molecule has 0 aliphatic rings. The quantitative estimate of drug-likeness (QED) is 0.174. The smallest absolute Gasteiger partial charge is 0.160 e. The Kier molecular flexibility index (Phi) is 7.52. The number of benzene rings is 7. The SMILES string of the molecule is Cn1c(-c2ccccc2)nc2ccc(-c3ccc(-c4nc(-c5ccccc5)cc(-c5ccc(-c6ccc7sc8ccccc8c7c6)cc5)n4)cc3)cc21. The van der Waals surface area contributed by atoms with Crippen molar-refractivity contribution in [3.8, 4) is 67.5 Å². The second-order valence-electron chi connectivity index (χ2n) is 13.4. The molecule has 0 radical (unpaired) electrons. The first-order chi connectivity index (χ1) is 26.1. The van der Waals surface area contributed by atoms with E-state index < -0.39 is 0 Å². The second-order valence-corrected chi connectivity index (χ2v) is 14.4. The summed E-state index contributed by atoms with van der Waals surface area (Å²) in [5.74, 6) is 1.66. The van der Waals surface area contributed by atoms with E-state index in [2.05, 4.69) is 163 Å². The molecule has 0 N–H and O–H groups in total. The highest BCUT2D eigenvalue weighted by molar-refractivity contribution is 7.25. The maximum atomic E-state index is 5.14. The van der Waals surface area contributed by atoms with Crippen molar-refractivity contribution in [1.82, 2.24) is 19.5 Å². The lowest BCUT2D eigenvalue weighted by Gasteiger charge is -2.11. The van der Waals surface area contributed by atoms with Gasteiger partial charge in [-0.3, -0.25) is 0 Å². The zero-order valence-electron chi connectivity index (χ0n) is 28.9. The molecule has 0 saturated carbocycles. The van der Waals surface area contributed by atoms with Crippen LogP contribution >= 0.6 is 11.3 Å². The van der Waals surface area contributed by atoms with Gasteiger partial charge in [0.15, 0.2) is 5.82 Å². The number of thiophene rings is 1. The van der Waals surface area contributed by atoms with Crippen LogP contribution in [0.5, 0.6) is 0 Å². The van der Waals surface area contributed by atoms with Crippen LogP contribution in [0.1, 0.15) is 0 Å². The van der Waals surface area contributed by atoms with Gasteiger partial charge in [0.2, 0.25) is 0 Å². The van der Waals surface area contributed by atoms with Crippen LogP contribution in [0, 0.1) is 0 Å². The van der Waals surface area contributed by atoms with Crippen molar-refractivity contribution < 1.29 is 0 Å². The molecule has 3 heterocycles. The zero-order chi connectivity index (χ0) is 35.3. The van der Waals surface area contributed by atoms with Crippen LogP contribution in [0.3, 0.4) is 0 Å². The van der Waals surface area contributed by atoms with Gasteiger partial charge in [0.05, 0.1) is 22.4 Å². The first-order valence-corrected chi connectivity index (χ1v) is 18.6. The van der Waals surface area contributed by atoms with Crippen LogP contribution in [0.15, 0.2) is 176 Å². The summed E-state index contributed by atoms with van der Waals surface area (Å²) in [5.41, 5.74) is 12.7. The van der Waals surface area contributed by atoms with Crippen LogP contribution in [0.2, 0.25) is 0 Å². The fourth-order valence-corrected chi connectivity index (χ4v) is 8.33. The average Bonchev–Trinajstić information content (AvgIpc) is 3.78. The van der Waals surface area contributed by atoms with Gasteiger partial charge >= 0.3 is 0 Å². The molecular formula is C48H32N4S. The van der Waals surface area contributed by atoms with Gasteiger partial charge in [0, 0.05) is 49.5 Å². The van der Waals surface area contributed by atoms with Crippen LogP contribution < -0.4 is 0 Å². The molecule has 0 saturated heterocycles. The standard InChI is InChI=1S/C48H32N4S/c1-52-44-29-38(24-26-41(44)51-48(52)36-12-6-3-7-13-36)32-18-22-35(23-19-32)47-49-42(33-10-4-2-5-11-33)30-43(50-47)34-20-16-31(17-21-34)37-25-27-46-40(28-37)39-14-8-9-15-45(39)53-46/h2-30H,1H3. The van der Waals surface area contributed by atoms with Crippen molar-refractivity contribution >= 4 is 42.5 Å². The Hall–Kier alpha value is -6.69. The van der Waals surface area contributed by atoms with E-state index in [0.29, 0.717) is 5.82 Å². The summed E-state index contributed by atoms with van der Waals surface area (Å²) in [6.45, 7) is 0. The minimum absolute atomic E-state index is 0.696. The Morgan fingerprint density at radius 3 is 1.64 bits per heavy atom. The van der Waals surface area contributed by atoms with E-state index in [9.17, 15) is 0 Å². The third kappa shape index (κ3) is 5.68. The number of rotatable bonds is 6. The molecule has 5 heteroatoms. The van der Waals surface area contributed by atoms with E-state index in [1.165, 1.54) is 31.3 Å². The maximum Gasteiger partial charge on any atom is 0.160 e. The van der Waals surface area contributed by atoms with E-state index >= 15 is 0 Å². The molecule has 0 unspecified atom stereocenters. The first-order valence-electron chi connectivity index (χ1n) is 17.7. The third-order valence-electron chi connectivity index (χ3n) is 10.1. The Balaban J connectivity index is 0.989. The second kappa shape index (κ2) is 12.8. The Bertz CT molecular complexity index is 2930. The minimum Gasteiger partial charge on any atom is -0.327 e. The van der Waals surface area contributed by atoms with E-state index in [0.717, 1.165) is 61.6 Å². The van der Waals surface area contributed by atoms with Gasteiger partial charge in [-0.1, -0.05) is 140 Å². The number of nitrogens with zero attached hydrogens (tertiary/aromatic N) is 4. The molecule has 250 valence electrons. The average molecular weight is 697 g/mol. The topological polar surface area (TPSA) is 43.6 Å². The molecule has 10 rings (SSSR count). The Morgan fingerprint density at radius 1 is 0.396 bits per heavy atom. The highest BCUT2D eigenvalue weighted by Crippen LogP contribution is 2.37. The minimum atomic E-state index is 0.696. The van der Waals surface area contributed by atoms with Crippen molar-refractivity contribution in [2.45, 2.75) is 0 Å². The van der Waals surface area contributed by atoms with Gasteiger partial charge in [0.25, 0.3) is 0 Å².